The fraction of sp³-hybridized carbons (Fsp3) is 0.250. The quantitative estimate of drug-likeness (QED) is 0.754. The van der Waals surface area contributed by atoms with Gasteiger partial charge < -0.3 is 19.5 Å². The molecule has 1 unspecified atom stereocenters. The minimum atomic E-state index is -0.408. The van der Waals surface area contributed by atoms with Crippen molar-refractivity contribution in [2.75, 3.05) is 18.5 Å². The first kappa shape index (κ1) is 17.1. The Morgan fingerprint density at radius 1 is 1.26 bits per heavy atom. The van der Waals surface area contributed by atoms with E-state index in [-0.39, 0.29) is 12.0 Å². The highest BCUT2D eigenvalue weighted by molar-refractivity contribution is 5.94. The zero-order chi connectivity index (χ0) is 18.8. The summed E-state index contributed by atoms with van der Waals surface area (Å²) in [5, 5.41) is 2.95. The molecule has 2 aromatic carbocycles. The third kappa shape index (κ3) is 3.48. The summed E-state index contributed by atoms with van der Waals surface area (Å²) in [6.07, 6.45) is 1.38. The fourth-order valence-electron chi connectivity index (χ4n) is 3.20. The molecular formula is C20H20N4O3. The van der Waals surface area contributed by atoms with Crippen LogP contribution in [0.25, 0.3) is 11.0 Å². The Balaban J connectivity index is 1.47. The van der Waals surface area contributed by atoms with E-state index in [0.717, 1.165) is 16.6 Å². The van der Waals surface area contributed by atoms with E-state index < -0.39 is 6.04 Å². The SMILES string of the molecule is CC(C(=O)Nc1cccc(CN2CCOC2=O)c1)n1cnc2ccccc21. The van der Waals surface area contributed by atoms with Crippen LogP contribution in [0.15, 0.2) is 54.9 Å². The molecule has 3 aromatic rings. The number of rotatable bonds is 5. The second kappa shape index (κ2) is 7.11. The lowest BCUT2D eigenvalue weighted by atomic mass is 10.2. The van der Waals surface area contributed by atoms with Crippen molar-refractivity contribution in [2.24, 2.45) is 0 Å². The van der Waals surface area contributed by atoms with Gasteiger partial charge in [0.2, 0.25) is 5.91 Å². The number of carbonyl (C=O) groups is 2. The molecule has 0 aliphatic carbocycles. The van der Waals surface area contributed by atoms with E-state index >= 15 is 0 Å². The summed E-state index contributed by atoms with van der Waals surface area (Å²) >= 11 is 0. The van der Waals surface area contributed by atoms with Crippen LogP contribution >= 0.6 is 0 Å². The van der Waals surface area contributed by atoms with Crippen LogP contribution in [0.1, 0.15) is 18.5 Å². The molecule has 7 heteroatoms. The lowest BCUT2D eigenvalue weighted by Gasteiger charge is -2.16. The third-order valence-electron chi connectivity index (χ3n) is 4.69. The lowest BCUT2D eigenvalue weighted by molar-refractivity contribution is -0.118. The van der Waals surface area contributed by atoms with Crippen molar-refractivity contribution in [3.8, 4) is 0 Å². The smallest absolute Gasteiger partial charge is 0.410 e. The topological polar surface area (TPSA) is 76.5 Å². The van der Waals surface area contributed by atoms with E-state index in [4.69, 9.17) is 4.74 Å². The van der Waals surface area contributed by atoms with Gasteiger partial charge in [-0.05, 0) is 36.8 Å². The number of imidazole rings is 1. The van der Waals surface area contributed by atoms with Gasteiger partial charge in [0, 0.05) is 12.2 Å². The molecule has 0 radical (unpaired) electrons. The number of aromatic nitrogens is 2. The standard InChI is InChI=1S/C20H20N4O3/c1-14(24-13-21-17-7-2-3-8-18(17)24)19(25)22-16-6-4-5-15(11-16)12-23-9-10-27-20(23)26/h2-8,11,13-14H,9-10,12H2,1H3,(H,22,25). The predicted octanol–water partition coefficient (Wildman–Crippen LogP) is 3.19. The summed E-state index contributed by atoms with van der Waals surface area (Å²) < 4.78 is 6.80. The number of nitrogens with one attached hydrogen (secondary N) is 1. The number of carbonyl (C=O) groups excluding carboxylic acids is 2. The Kier molecular flexibility index (Phi) is 4.50. The predicted molar refractivity (Wildman–Crippen MR) is 101 cm³/mol. The highest BCUT2D eigenvalue weighted by atomic mass is 16.6. The van der Waals surface area contributed by atoms with E-state index in [9.17, 15) is 9.59 Å². The van der Waals surface area contributed by atoms with E-state index in [1.165, 1.54) is 0 Å². The van der Waals surface area contributed by atoms with Gasteiger partial charge in [0.15, 0.2) is 0 Å². The molecule has 7 nitrogen and oxygen atoms in total. The van der Waals surface area contributed by atoms with Crippen molar-refractivity contribution < 1.29 is 14.3 Å². The number of cyclic esters (lactones) is 1. The zero-order valence-electron chi connectivity index (χ0n) is 15.0. The van der Waals surface area contributed by atoms with Crippen LogP contribution in [0.2, 0.25) is 0 Å². The number of amides is 2. The summed E-state index contributed by atoms with van der Waals surface area (Å²) in [7, 11) is 0. The highest BCUT2D eigenvalue weighted by Gasteiger charge is 2.22. The van der Waals surface area contributed by atoms with Crippen LogP contribution in [0.4, 0.5) is 10.5 Å². The first-order chi connectivity index (χ1) is 13.1. The summed E-state index contributed by atoms with van der Waals surface area (Å²) in [6.45, 7) is 3.31. The number of hydrogen-bond acceptors (Lipinski definition) is 4. The average molecular weight is 364 g/mol. The van der Waals surface area contributed by atoms with Crippen molar-refractivity contribution in [1.82, 2.24) is 14.5 Å². The van der Waals surface area contributed by atoms with E-state index in [0.29, 0.717) is 25.4 Å². The Labute approximate surface area is 156 Å². The summed E-state index contributed by atoms with van der Waals surface area (Å²) in [5.41, 5.74) is 3.41. The number of benzene rings is 2. The second-order valence-electron chi connectivity index (χ2n) is 6.54. The summed E-state index contributed by atoms with van der Waals surface area (Å²) in [4.78, 5) is 30.3. The Hall–Kier alpha value is -3.35. The molecule has 1 aliphatic heterocycles. The molecule has 0 saturated carbocycles. The Morgan fingerprint density at radius 2 is 2.11 bits per heavy atom. The molecular weight excluding hydrogens is 344 g/mol. The van der Waals surface area contributed by atoms with Gasteiger partial charge in [-0.1, -0.05) is 24.3 Å². The van der Waals surface area contributed by atoms with Crippen LogP contribution in [0.5, 0.6) is 0 Å². The van der Waals surface area contributed by atoms with E-state index in [2.05, 4.69) is 10.3 Å². The van der Waals surface area contributed by atoms with Crippen molar-refractivity contribution in [3.63, 3.8) is 0 Å². The van der Waals surface area contributed by atoms with Crippen molar-refractivity contribution in [3.05, 3.63) is 60.4 Å². The molecule has 0 spiro atoms. The molecule has 1 aromatic heterocycles. The Bertz CT molecular complexity index is 998. The number of hydrogen-bond donors (Lipinski definition) is 1. The van der Waals surface area contributed by atoms with Crippen molar-refractivity contribution in [2.45, 2.75) is 19.5 Å². The van der Waals surface area contributed by atoms with Gasteiger partial charge in [-0.2, -0.15) is 0 Å². The number of para-hydroxylation sites is 2. The number of fused-ring (bicyclic) bond motifs is 1. The molecule has 27 heavy (non-hydrogen) atoms. The van der Waals surface area contributed by atoms with Crippen LogP contribution in [-0.4, -0.2) is 39.6 Å². The average Bonchev–Trinajstić information content (AvgIpc) is 3.28. The lowest BCUT2D eigenvalue weighted by Crippen LogP contribution is -2.24. The zero-order valence-corrected chi connectivity index (χ0v) is 15.0. The normalized spacial score (nSPS) is 15.0. The Morgan fingerprint density at radius 3 is 2.93 bits per heavy atom. The molecule has 1 saturated heterocycles. The minimum Gasteiger partial charge on any atom is -0.448 e. The van der Waals surface area contributed by atoms with Crippen molar-refractivity contribution in [1.29, 1.82) is 0 Å². The van der Waals surface area contributed by atoms with Gasteiger partial charge in [-0.25, -0.2) is 9.78 Å². The molecule has 1 atom stereocenters. The monoisotopic (exact) mass is 364 g/mol. The fourth-order valence-corrected chi connectivity index (χ4v) is 3.20. The largest absolute Gasteiger partial charge is 0.448 e. The molecule has 1 N–H and O–H groups in total. The minimum absolute atomic E-state index is 0.129. The van der Waals surface area contributed by atoms with E-state index in [1.807, 2.05) is 60.0 Å². The van der Waals surface area contributed by atoms with Gasteiger partial charge in [0.1, 0.15) is 12.6 Å². The molecule has 4 rings (SSSR count). The molecule has 2 amide bonds. The van der Waals surface area contributed by atoms with Crippen LogP contribution < -0.4 is 5.32 Å². The molecule has 0 bridgehead atoms. The summed E-state index contributed by atoms with van der Waals surface area (Å²) in [5.74, 6) is -0.129. The van der Waals surface area contributed by atoms with Crippen LogP contribution in [-0.2, 0) is 16.1 Å². The van der Waals surface area contributed by atoms with Crippen LogP contribution in [0, 0.1) is 0 Å². The van der Waals surface area contributed by atoms with Crippen molar-refractivity contribution >= 4 is 28.7 Å². The summed E-state index contributed by atoms with van der Waals surface area (Å²) in [6, 6.07) is 14.8. The maximum atomic E-state index is 12.7. The molecule has 1 fully saturated rings. The van der Waals surface area contributed by atoms with Gasteiger partial charge in [0.05, 0.1) is 23.9 Å². The maximum Gasteiger partial charge on any atom is 0.410 e. The third-order valence-corrected chi connectivity index (χ3v) is 4.69. The molecule has 2 heterocycles. The number of ether oxygens (including phenoxy) is 1. The van der Waals surface area contributed by atoms with Gasteiger partial charge in [-0.3, -0.25) is 4.79 Å². The first-order valence-electron chi connectivity index (χ1n) is 8.85. The van der Waals surface area contributed by atoms with Gasteiger partial charge in [0.25, 0.3) is 0 Å². The maximum absolute atomic E-state index is 12.7. The first-order valence-corrected chi connectivity index (χ1v) is 8.85. The highest BCUT2D eigenvalue weighted by Crippen LogP contribution is 2.20. The van der Waals surface area contributed by atoms with Crippen LogP contribution in [0.3, 0.4) is 0 Å². The number of anilines is 1. The molecule has 1 aliphatic rings. The molecule has 138 valence electrons. The van der Waals surface area contributed by atoms with Gasteiger partial charge >= 0.3 is 6.09 Å². The second-order valence-corrected chi connectivity index (χ2v) is 6.54. The van der Waals surface area contributed by atoms with E-state index in [1.54, 1.807) is 11.2 Å². The van der Waals surface area contributed by atoms with Gasteiger partial charge in [-0.15, -0.1) is 0 Å². The number of nitrogens with zero attached hydrogens (tertiary/aromatic N) is 3.